The van der Waals surface area contributed by atoms with E-state index in [0.29, 0.717) is 12.6 Å². The normalized spacial score (nSPS) is 15.5. The second-order valence-corrected chi connectivity index (χ2v) is 10.6. The van der Waals surface area contributed by atoms with E-state index in [0.717, 1.165) is 60.1 Å². The Morgan fingerprint density at radius 2 is 1.86 bits per heavy atom. The number of fused-ring (bicyclic) bond motifs is 1. The third kappa shape index (κ3) is 5.67. The molecule has 4 aromatic rings. The van der Waals surface area contributed by atoms with E-state index in [1.54, 1.807) is 0 Å². The molecule has 0 saturated heterocycles. The fourth-order valence-electron chi connectivity index (χ4n) is 5.92. The van der Waals surface area contributed by atoms with Crippen molar-refractivity contribution in [1.82, 2.24) is 30.1 Å². The van der Waals surface area contributed by atoms with Crippen molar-refractivity contribution in [1.29, 1.82) is 0 Å². The van der Waals surface area contributed by atoms with Crippen molar-refractivity contribution in [3.8, 4) is 0 Å². The summed E-state index contributed by atoms with van der Waals surface area (Å²) >= 11 is 0. The van der Waals surface area contributed by atoms with Crippen molar-refractivity contribution in [2.75, 3.05) is 6.54 Å². The molecule has 5 rings (SSSR count). The third-order valence-electron chi connectivity index (χ3n) is 7.86. The van der Waals surface area contributed by atoms with Gasteiger partial charge in [-0.1, -0.05) is 62.6 Å². The molecule has 0 amide bonds. The van der Waals surface area contributed by atoms with Crippen molar-refractivity contribution >= 4 is 10.9 Å². The molecule has 1 saturated carbocycles. The van der Waals surface area contributed by atoms with Crippen LogP contribution in [0.15, 0.2) is 53.3 Å². The first-order valence-corrected chi connectivity index (χ1v) is 13.7. The molecule has 1 N–H and O–H groups in total. The van der Waals surface area contributed by atoms with Crippen LogP contribution < -0.4 is 5.56 Å². The Kier molecular flexibility index (Phi) is 7.79. The van der Waals surface area contributed by atoms with Gasteiger partial charge in [-0.3, -0.25) is 9.69 Å². The maximum atomic E-state index is 13.2. The SMILES string of the molecule is CC[C@@H](c1nnnn1C1CCCCC1)N(CCc1ccccc1)Cc1cc2c(C)cc(C)cc2[nH]c1=O. The van der Waals surface area contributed by atoms with E-state index >= 15 is 0 Å². The second kappa shape index (κ2) is 11.4. The summed E-state index contributed by atoms with van der Waals surface area (Å²) in [7, 11) is 0. The van der Waals surface area contributed by atoms with E-state index in [2.05, 4.69) is 87.3 Å². The number of tetrazole rings is 1. The first-order valence-electron chi connectivity index (χ1n) is 13.7. The Labute approximate surface area is 218 Å². The molecule has 1 aliphatic carbocycles. The van der Waals surface area contributed by atoms with Crippen LogP contribution in [0.4, 0.5) is 0 Å². The zero-order valence-corrected chi connectivity index (χ0v) is 22.3. The van der Waals surface area contributed by atoms with E-state index < -0.39 is 0 Å². The summed E-state index contributed by atoms with van der Waals surface area (Å²) in [6.07, 6.45) is 7.76. The number of rotatable bonds is 9. The van der Waals surface area contributed by atoms with Gasteiger partial charge in [-0.2, -0.15) is 0 Å². The lowest BCUT2D eigenvalue weighted by Crippen LogP contribution is -2.35. The largest absolute Gasteiger partial charge is 0.322 e. The van der Waals surface area contributed by atoms with Gasteiger partial charge in [-0.05, 0) is 78.8 Å². The molecule has 0 aliphatic heterocycles. The van der Waals surface area contributed by atoms with E-state index in [1.165, 1.54) is 30.4 Å². The van der Waals surface area contributed by atoms with Crippen LogP contribution in [-0.4, -0.2) is 36.6 Å². The lowest BCUT2D eigenvalue weighted by atomic mass is 9.95. The molecule has 2 aromatic carbocycles. The highest BCUT2D eigenvalue weighted by Crippen LogP contribution is 2.32. The van der Waals surface area contributed by atoms with Gasteiger partial charge in [0.2, 0.25) is 0 Å². The highest BCUT2D eigenvalue weighted by Gasteiger charge is 2.29. The van der Waals surface area contributed by atoms with E-state index in [4.69, 9.17) is 0 Å². The smallest absolute Gasteiger partial charge is 0.252 e. The standard InChI is InChI=1S/C30H38N6O/c1-4-28(29-32-33-34-36(29)25-13-9-6-10-14-25)35(16-15-23-11-7-5-8-12-23)20-24-19-26-22(3)17-21(2)18-27(26)31-30(24)37/h5,7-8,11-12,17-19,25,28H,4,6,9-10,13-16,20H2,1-3H3,(H,31,37)/t28-/m0/s1. The Hall–Kier alpha value is -3.32. The number of benzene rings is 2. The summed E-state index contributed by atoms with van der Waals surface area (Å²) < 4.78 is 2.08. The predicted octanol–water partition coefficient (Wildman–Crippen LogP) is 5.83. The van der Waals surface area contributed by atoms with E-state index in [1.807, 2.05) is 12.1 Å². The van der Waals surface area contributed by atoms with E-state index in [-0.39, 0.29) is 11.6 Å². The number of hydrogen-bond donors (Lipinski definition) is 1. The molecule has 7 heteroatoms. The Balaban J connectivity index is 1.50. The maximum absolute atomic E-state index is 13.2. The molecule has 0 bridgehead atoms. The number of aryl methyl sites for hydroxylation is 2. The molecule has 194 valence electrons. The minimum absolute atomic E-state index is 0.0230. The summed E-state index contributed by atoms with van der Waals surface area (Å²) in [6.45, 7) is 7.72. The fraction of sp³-hybridized carbons (Fsp3) is 0.467. The maximum Gasteiger partial charge on any atom is 0.252 e. The number of nitrogens with zero attached hydrogens (tertiary/aromatic N) is 5. The third-order valence-corrected chi connectivity index (χ3v) is 7.86. The van der Waals surface area contributed by atoms with Crippen LogP contribution in [0.1, 0.15) is 85.6 Å². The van der Waals surface area contributed by atoms with Gasteiger partial charge in [0.15, 0.2) is 5.82 Å². The van der Waals surface area contributed by atoms with Crippen LogP contribution in [0.25, 0.3) is 10.9 Å². The van der Waals surface area contributed by atoms with Crippen LogP contribution in [0.5, 0.6) is 0 Å². The Morgan fingerprint density at radius 3 is 2.62 bits per heavy atom. The Morgan fingerprint density at radius 1 is 1.08 bits per heavy atom. The lowest BCUT2D eigenvalue weighted by molar-refractivity contribution is 0.165. The summed E-state index contributed by atoms with van der Waals surface area (Å²) in [6, 6.07) is 17.2. The second-order valence-electron chi connectivity index (χ2n) is 10.6. The minimum Gasteiger partial charge on any atom is -0.322 e. The number of hydrogen-bond acceptors (Lipinski definition) is 5. The number of aromatic amines is 1. The van der Waals surface area contributed by atoms with Gasteiger partial charge >= 0.3 is 0 Å². The lowest BCUT2D eigenvalue weighted by Gasteiger charge is -2.32. The van der Waals surface area contributed by atoms with Crippen LogP contribution >= 0.6 is 0 Å². The highest BCUT2D eigenvalue weighted by atomic mass is 16.1. The van der Waals surface area contributed by atoms with Gasteiger partial charge in [-0.15, -0.1) is 5.10 Å². The predicted molar refractivity (Wildman–Crippen MR) is 148 cm³/mol. The monoisotopic (exact) mass is 498 g/mol. The van der Waals surface area contributed by atoms with Crippen molar-refractivity contribution in [3.63, 3.8) is 0 Å². The van der Waals surface area contributed by atoms with Gasteiger partial charge in [0, 0.05) is 29.6 Å². The van der Waals surface area contributed by atoms with Crippen LogP contribution in [0.3, 0.4) is 0 Å². The molecule has 2 heterocycles. The van der Waals surface area contributed by atoms with Crippen LogP contribution in [0, 0.1) is 13.8 Å². The van der Waals surface area contributed by atoms with Crippen LogP contribution in [-0.2, 0) is 13.0 Å². The highest BCUT2D eigenvalue weighted by molar-refractivity contribution is 5.83. The minimum atomic E-state index is -0.0241. The molecule has 2 aromatic heterocycles. The molecular formula is C30H38N6O. The fourth-order valence-corrected chi connectivity index (χ4v) is 5.92. The molecule has 0 spiro atoms. The first-order chi connectivity index (χ1) is 18.0. The van der Waals surface area contributed by atoms with Gasteiger partial charge in [0.25, 0.3) is 5.56 Å². The molecular weight excluding hydrogens is 460 g/mol. The molecule has 1 atom stereocenters. The summed E-state index contributed by atoms with van der Waals surface area (Å²) in [4.78, 5) is 18.8. The average molecular weight is 499 g/mol. The van der Waals surface area contributed by atoms with Crippen molar-refractivity contribution < 1.29 is 0 Å². The number of aromatic nitrogens is 5. The van der Waals surface area contributed by atoms with Crippen LogP contribution in [0.2, 0.25) is 0 Å². The van der Waals surface area contributed by atoms with Crippen molar-refractivity contribution in [2.45, 2.75) is 84.3 Å². The number of nitrogens with one attached hydrogen (secondary N) is 1. The molecule has 1 fully saturated rings. The van der Waals surface area contributed by atoms with Gasteiger partial charge < -0.3 is 4.98 Å². The van der Waals surface area contributed by atoms with Crippen molar-refractivity contribution in [3.05, 3.63) is 87.0 Å². The van der Waals surface area contributed by atoms with Gasteiger partial charge in [0.1, 0.15) is 0 Å². The topological polar surface area (TPSA) is 79.7 Å². The summed E-state index contributed by atoms with van der Waals surface area (Å²) in [5.74, 6) is 0.923. The number of H-pyrrole nitrogens is 1. The first kappa shape index (κ1) is 25.3. The zero-order chi connectivity index (χ0) is 25.8. The molecule has 7 nitrogen and oxygen atoms in total. The van der Waals surface area contributed by atoms with E-state index in [9.17, 15) is 4.79 Å². The number of pyridine rings is 1. The van der Waals surface area contributed by atoms with Crippen molar-refractivity contribution in [2.24, 2.45) is 0 Å². The van der Waals surface area contributed by atoms with Gasteiger partial charge in [-0.25, -0.2) is 4.68 Å². The summed E-state index contributed by atoms with van der Waals surface area (Å²) in [5, 5.41) is 14.2. The molecule has 0 radical (unpaired) electrons. The summed E-state index contributed by atoms with van der Waals surface area (Å²) in [5.41, 5.74) is 5.27. The van der Waals surface area contributed by atoms with Gasteiger partial charge in [0.05, 0.1) is 12.1 Å². The zero-order valence-electron chi connectivity index (χ0n) is 22.3. The molecule has 0 unspecified atom stereocenters. The molecule has 1 aliphatic rings. The quantitative estimate of drug-likeness (QED) is 0.314. The Bertz CT molecular complexity index is 1390. The molecule has 37 heavy (non-hydrogen) atoms. The average Bonchev–Trinajstić information content (AvgIpc) is 3.39.